The van der Waals surface area contributed by atoms with Crippen LogP contribution < -0.4 is 0 Å². The lowest BCUT2D eigenvalue weighted by molar-refractivity contribution is 0.0271. The SMILES string of the molecule is Cc1cncc2cccc(S(=O)(=O)N3CCC4C(CCCN4C(=O)OCc4ccccc4)C3)c12. The van der Waals surface area contributed by atoms with E-state index in [1.165, 1.54) is 0 Å². The first kappa shape index (κ1) is 22.8. The molecule has 0 spiro atoms. The molecule has 2 aliphatic rings. The van der Waals surface area contributed by atoms with E-state index < -0.39 is 10.0 Å². The van der Waals surface area contributed by atoms with Gasteiger partial charge in [0.1, 0.15) is 6.61 Å². The zero-order chi connectivity index (χ0) is 23.7. The summed E-state index contributed by atoms with van der Waals surface area (Å²) in [6.45, 7) is 3.57. The lowest BCUT2D eigenvalue weighted by atomic mass is 9.85. The number of hydrogen-bond acceptors (Lipinski definition) is 5. The van der Waals surface area contributed by atoms with Crippen LogP contribution in [0.25, 0.3) is 10.8 Å². The molecule has 0 aliphatic carbocycles. The summed E-state index contributed by atoms with van der Waals surface area (Å²) >= 11 is 0. The molecule has 3 aromatic rings. The first-order chi connectivity index (χ1) is 16.4. The number of sulfonamides is 1. The number of aryl methyl sites for hydroxylation is 1. The van der Waals surface area contributed by atoms with E-state index in [2.05, 4.69) is 4.98 Å². The Morgan fingerprint density at radius 1 is 1.06 bits per heavy atom. The van der Waals surface area contributed by atoms with Crippen LogP contribution in [0, 0.1) is 12.8 Å². The fraction of sp³-hybridized carbons (Fsp3) is 0.385. The molecule has 2 unspecified atom stereocenters. The van der Waals surface area contributed by atoms with E-state index in [0.717, 1.165) is 34.7 Å². The van der Waals surface area contributed by atoms with Crippen LogP contribution in [0.3, 0.4) is 0 Å². The van der Waals surface area contributed by atoms with Crippen molar-refractivity contribution in [1.82, 2.24) is 14.2 Å². The van der Waals surface area contributed by atoms with Crippen molar-refractivity contribution in [2.75, 3.05) is 19.6 Å². The fourth-order valence-electron chi connectivity index (χ4n) is 5.34. The largest absolute Gasteiger partial charge is 0.445 e. The maximum atomic E-state index is 13.7. The lowest BCUT2D eigenvalue weighted by Gasteiger charge is -2.46. The summed E-state index contributed by atoms with van der Waals surface area (Å²) in [5.74, 6) is 0.0966. The predicted octanol–water partition coefficient (Wildman–Crippen LogP) is 4.36. The molecule has 2 saturated heterocycles. The van der Waals surface area contributed by atoms with Gasteiger partial charge in [-0.25, -0.2) is 13.2 Å². The summed E-state index contributed by atoms with van der Waals surface area (Å²) in [6.07, 6.45) is 5.44. The minimum Gasteiger partial charge on any atom is -0.445 e. The van der Waals surface area contributed by atoms with Crippen LogP contribution in [0.5, 0.6) is 0 Å². The molecule has 2 atom stereocenters. The van der Waals surface area contributed by atoms with Gasteiger partial charge in [0, 0.05) is 48.8 Å². The molecular weight excluding hydrogens is 450 g/mol. The molecule has 0 radical (unpaired) electrons. The molecular formula is C26H29N3O4S. The number of fused-ring (bicyclic) bond motifs is 2. The number of piperidine rings is 2. The molecule has 2 fully saturated rings. The summed E-state index contributed by atoms with van der Waals surface area (Å²) < 4.78 is 34.6. The highest BCUT2D eigenvalue weighted by Gasteiger charge is 2.42. The van der Waals surface area contributed by atoms with E-state index >= 15 is 0 Å². The molecule has 178 valence electrons. The number of carbonyl (C=O) groups is 1. The second kappa shape index (κ2) is 9.35. The number of carbonyl (C=O) groups excluding carboxylic acids is 1. The molecule has 0 bridgehead atoms. The molecule has 7 nitrogen and oxygen atoms in total. The first-order valence-electron chi connectivity index (χ1n) is 11.8. The third-order valence-electron chi connectivity index (χ3n) is 7.02. The van der Waals surface area contributed by atoms with Crippen molar-refractivity contribution in [3.8, 4) is 0 Å². The van der Waals surface area contributed by atoms with Gasteiger partial charge in [-0.05, 0) is 49.3 Å². The summed E-state index contributed by atoms with van der Waals surface area (Å²) in [7, 11) is -3.67. The van der Waals surface area contributed by atoms with Crippen molar-refractivity contribution >= 4 is 26.9 Å². The predicted molar refractivity (Wildman–Crippen MR) is 130 cm³/mol. The van der Waals surface area contributed by atoms with Crippen LogP contribution in [0.2, 0.25) is 0 Å². The zero-order valence-electron chi connectivity index (χ0n) is 19.3. The highest BCUT2D eigenvalue weighted by Crippen LogP contribution is 2.35. The number of benzene rings is 2. The van der Waals surface area contributed by atoms with E-state index in [4.69, 9.17) is 4.74 Å². The molecule has 0 saturated carbocycles. The Balaban J connectivity index is 1.32. The Bertz CT molecular complexity index is 1290. The number of ether oxygens (including phenoxy) is 1. The number of pyridine rings is 1. The average Bonchev–Trinajstić information content (AvgIpc) is 2.87. The van der Waals surface area contributed by atoms with Gasteiger partial charge in [0.05, 0.1) is 4.90 Å². The molecule has 8 heteroatoms. The van der Waals surface area contributed by atoms with Crippen LogP contribution in [0.4, 0.5) is 4.79 Å². The Labute approximate surface area is 200 Å². The molecule has 5 rings (SSSR count). The van der Waals surface area contributed by atoms with Crippen molar-refractivity contribution in [1.29, 1.82) is 0 Å². The molecule has 0 N–H and O–H groups in total. The van der Waals surface area contributed by atoms with E-state index in [1.54, 1.807) is 28.8 Å². The third kappa shape index (κ3) is 4.28. The van der Waals surface area contributed by atoms with Crippen molar-refractivity contribution in [2.24, 2.45) is 5.92 Å². The molecule has 1 amide bonds. The van der Waals surface area contributed by atoms with Crippen molar-refractivity contribution in [3.05, 3.63) is 72.1 Å². The average molecular weight is 480 g/mol. The standard InChI is InChI=1S/C26H29N3O4S/c1-19-15-27-16-21-9-5-11-24(25(19)21)34(31,32)28-14-12-23-22(17-28)10-6-13-29(23)26(30)33-18-20-7-3-2-4-8-20/h2-5,7-9,11,15-16,22-23H,6,10,12-14,17-18H2,1H3. The quantitative estimate of drug-likeness (QED) is 0.556. The first-order valence-corrected chi connectivity index (χ1v) is 13.2. The van der Waals surface area contributed by atoms with Crippen molar-refractivity contribution in [2.45, 2.75) is 43.7 Å². The number of rotatable bonds is 4. The van der Waals surface area contributed by atoms with Gasteiger partial charge in [-0.2, -0.15) is 4.31 Å². The third-order valence-corrected chi connectivity index (χ3v) is 8.93. The Hall–Kier alpha value is -2.97. The minimum atomic E-state index is -3.67. The van der Waals surface area contributed by atoms with E-state index in [9.17, 15) is 13.2 Å². The number of amides is 1. The Morgan fingerprint density at radius 3 is 2.71 bits per heavy atom. The Kier molecular flexibility index (Phi) is 6.27. The van der Waals surface area contributed by atoms with Gasteiger partial charge in [-0.3, -0.25) is 4.98 Å². The maximum Gasteiger partial charge on any atom is 0.410 e. The van der Waals surface area contributed by atoms with Crippen LogP contribution in [0.1, 0.15) is 30.4 Å². The smallest absolute Gasteiger partial charge is 0.410 e. The van der Waals surface area contributed by atoms with Gasteiger partial charge >= 0.3 is 6.09 Å². The van der Waals surface area contributed by atoms with Gasteiger partial charge in [0.15, 0.2) is 0 Å². The van der Waals surface area contributed by atoms with E-state index in [-0.39, 0.29) is 24.7 Å². The summed E-state index contributed by atoms with van der Waals surface area (Å²) in [6, 6.07) is 15.0. The Morgan fingerprint density at radius 2 is 1.88 bits per heavy atom. The van der Waals surface area contributed by atoms with E-state index in [1.807, 2.05) is 48.2 Å². The van der Waals surface area contributed by atoms with Crippen molar-refractivity contribution < 1.29 is 17.9 Å². The van der Waals surface area contributed by atoms with Crippen LogP contribution >= 0.6 is 0 Å². The zero-order valence-corrected chi connectivity index (χ0v) is 20.1. The van der Waals surface area contributed by atoms with Gasteiger partial charge in [0.25, 0.3) is 0 Å². The second-order valence-electron chi connectivity index (χ2n) is 9.17. The topological polar surface area (TPSA) is 79.8 Å². The summed E-state index contributed by atoms with van der Waals surface area (Å²) in [5.41, 5.74) is 1.79. The second-order valence-corrected chi connectivity index (χ2v) is 11.1. The molecule has 3 heterocycles. The molecule has 34 heavy (non-hydrogen) atoms. The number of nitrogens with zero attached hydrogens (tertiary/aromatic N) is 3. The van der Waals surface area contributed by atoms with Crippen LogP contribution in [-0.4, -0.2) is 54.4 Å². The molecule has 1 aromatic heterocycles. The minimum absolute atomic E-state index is 0.00178. The summed E-state index contributed by atoms with van der Waals surface area (Å²) in [4.78, 5) is 19.2. The molecule has 2 aliphatic heterocycles. The monoisotopic (exact) mass is 479 g/mol. The van der Waals surface area contributed by atoms with Crippen LogP contribution in [-0.2, 0) is 21.4 Å². The highest BCUT2D eigenvalue weighted by atomic mass is 32.2. The highest BCUT2D eigenvalue weighted by molar-refractivity contribution is 7.89. The normalized spacial score (nSPS) is 21.3. The van der Waals surface area contributed by atoms with Crippen LogP contribution in [0.15, 0.2) is 65.8 Å². The van der Waals surface area contributed by atoms with Gasteiger partial charge in [-0.1, -0.05) is 42.5 Å². The maximum absolute atomic E-state index is 13.7. The van der Waals surface area contributed by atoms with Gasteiger partial charge in [0.2, 0.25) is 10.0 Å². The van der Waals surface area contributed by atoms with Gasteiger partial charge < -0.3 is 9.64 Å². The van der Waals surface area contributed by atoms with Crippen molar-refractivity contribution in [3.63, 3.8) is 0 Å². The lowest BCUT2D eigenvalue weighted by Crippen LogP contribution is -2.56. The summed E-state index contributed by atoms with van der Waals surface area (Å²) in [5, 5.41) is 1.55. The molecule has 2 aromatic carbocycles. The fourth-order valence-corrected chi connectivity index (χ4v) is 7.14. The van der Waals surface area contributed by atoms with E-state index in [0.29, 0.717) is 31.0 Å². The number of likely N-dealkylation sites (tertiary alicyclic amines) is 1. The number of aromatic nitrogens is 1. The van der Waals surface area contributed by atoms with Gasteiger partial charge in [-0.15, -0.1) is 0 Å². The number of hydrogen-bond donors (Lipinski definition) is 0.